The third kappa shape index (κ3) is 6.10. The molecular weight excluding hydrogens is 290 g/mol. The lowest BCUT2D eigenvalue weighted by atomic mass is 10.1. The topological polar surface area (TPSA) is 46.1 Å². The fourth-order valence-corrected chi connectivity index (χ4v) is 2.68. The summed E-state index contributed by atoms with van der Waals surface area (Å²) in [5, 5.41) is 3.39. The minimum absolute atomic E-state index is 0.614. The van der Waals surface area contributed by atoms with Crippen molar-refractivity contribution in [2.75, 3.05) is 47.0 Å². The van der Waals surface area contributed by atoms with E-state index >= 15 is 0 Å². The molecule has 128 valence electrons. The average Bonchev–Trinajstić information content (AvgIpc) is 3.05. The highest BCUT2D eigenvalue weighted by Crippen LogP contribution is 2.13. The Hall–Kier alpha value is -1.75. The van der Waals surface area contributed by atoms with Crippen LogP contribution in [0.4, 0.5) is 0 Å². The molecule has 0 aliphatic carbocycles. The third-order valence-electron chi connectivity index (χ3n) is 4.02. The molecule has 1 saturated heterocycles. The van der Waals surface area contributed by atoms with Crippen LogP contribution in [0, 0.1) is 12.8 Å². The lowest BCUT2D eigenvalue weighted by molar-refractivity contribution is 0.181. The number of hydrogen-bond donors (Lipinski definition) is 1. The van der Waals surface area contributed by atoms with Gasteiger partial charge < -0.3 is 19.7 Å². The molecule has 0 bridgehead atoms. The molecule has 1 heterocycles. The Balaban J connectivity index is 1.62. The van der Waals surface area contributed by atoms with Crippen LogP contribution in [0.15, 0.2) is 29.3 Å². The molecule has 0 saturated carbocycles. The van der Waals surface area contributed by atoms with Crippen molar-refractivity contribution in [3.63, 3.8) is 0 Å². The van der Waals surface area contributed by atoms with E-state index in [0.29, 0.717) is 12.5 Å². The van der Waals surface area contributed by atoms with Crippen LogP contribution < -0.4 is 10.1 Å². The molecule has 0 radical (unpaired) electrons. The molecule has 1 aromatic rings. The highest BCUT2D eigenvalue weighted by Gasteiger charge is 2.18. The zero-order valence-corrected chi connectivity index (χ0v) is 14.5. The van der Waals surface area contributed by atoms with Gasteiger partial charge in [0.15, 0.2) is 5.96 Å². The van der Waals surface area contributed by atoms with Crippen molar-refractivity contribution in [3.8, 4) is 5.75 Å². The minimum Gasteiger partial charge on any atom is -0.494 e. The largest absolute Gasteiger partial charge is 0.494 e. The maximum Gasteiger partial charge on any atom is 0.193 e. The van der Waals surface area contributed by atoms with Crippen LogP contribution in [-0.4, -0.2) is 57.9 Å². The Morgan fingerprint density at radius 3 is 2.83 bits per heavy atom. The first-order valence-electron chi connectivity index (χ1n) is 8.38. The van der Waals surface area contributed by atoms with Crippen LogP contribution in [0.3, 0.4) is 0 Å². The van der Waals surface area contributed by atoms with Gasteiger partial charge >= 0.3 is 0 Å². The van der Waals surface area contributed by atoms with E-state index in [0.717, 1.165) is 50.9 Å². The molecule has 1 N–H and O–H groups in total. The number of guanidine groups is 1. The van der Waals surface area contributed by atoms with Crippen molar-refractivity contribution in [2.45, 2.75) is 19.8 Å². The first kappa shape index (κ1) is 17.6. The Kier molecular flexibility index (Phi) is 7.20. The van der Waals surface area contributed by atoms with Crippen LogP contribution in [0.2, 0.25) is 0 Å². The number of rotatable bonds is 7. The Bertz CT molecular complexity index is 482. The molecule has 1 aromatic carbocycles. The standard InChI is InChI=1S/C18H29N3O2/c1-15-5-7-17(8-6-15)23-11-4-10-20-18(19-2)21(3)13-16-9-12-22-14-16/h5-8,16H,4,9-14H2,1-3H3,(H,19,20). The van der Waals surface area contributed by atoms with Gasteiger partial charge in [0.1, 0.15) is 5.75 Å². The predicted molar refractivity (Wildman–Crippen MR) is 94.2 cm³/mol. The maximum atomic E-state index is 5.73. The van der Waals surface area contributed by atoms with E-state index in [1.165, 1.54) is 5.56 Å². The van der Waals surface area contributed by atoms with Crippen molar-refractivity contribution in [2.24, 2.45) is 10.9 Å². The summed E-state index contributed by atoms with van der Waals surface area (Å²) in [6, 6.07) is 8.16. The summed E-state index contributed by atoms with van der Waals surface area (Å²) in [4.78, 5) is 6.53. The predicted octanol–water partition coefficient (Wildman–Crippen LogP) is 2.31. The molecule has 1 aliphatic heterocycles. The Labute approximate surface area is 139 Å². The van der Waals surface area contributed by atoms with Gasteiger partial charge in [-0.2, -0.15) is 0 Å². The summed E-state index contributed by atoms with van der Waals surface area (Å²) >= 11 is 0. The fourth-order valence-electron chi connectivity index (χ4n) is 2.68. The van der Waals surface area contributed by atoms with Gasteiger partial charge in [-0.05, 0) is 31.9 Å². The number of benzene rings is 1. The van der Waals surface area contributed by atoms with Crippen LogP contribution >= 0.6 is 0 Å². The van der Waals surface area contributed by atoms with Gasteiger partial charge in [0.25, 0.3) is 0 Å². The van der Waals surface area contributed by atoms with Crippen molar-refractivity contribution in [3.05, 3.63) is 29.8 Å². The van der Waals surface area contributed by atoms with Gasteiger partial charge in [0.05, 0.1) is 13.2 Å². The molecule has 1 fully saturated rings. The van der Waals surface area contributed by atoms with Crippen molar-refractivity contribution in [1.29, 1.82) is 0 Å². The van der Waals surface area contributed by atoms with Gasteiger partial charge in [0, 0.05) is 39.7 Å². The highest BCUT2D eigenvalue weighted by atomic mass is 16.5. The van der Waals surface area contributed by atoms with Crippen molar-refractivity contribution >= 4 is 5.96 Å². The Morgan fingerprint density at radius 2 is 2.17 bits per heavy atom. The molecule has 1 atom stereocenters. The number of nitrogens with zero attached hydrogens (tertiary/aromatic N) is 2. The Morgan fingerprint density at radius 1 is 1.39 bits per heavy atom. The molecule has 0 aromatic heterocycles. The zero-order chi connectivity index (χ0) is 16.5. The lowest BCUT2D eigenvalue weighted by Crippen LogP contribution is -2.42. The van der Waals surface area contributed by atoms with Crippen LogP contribution in [-0.2, 0) is 4.74 Å². The van der Waals surface area contributed by atoms with Gasteiger partial charge in [0.2, 0.25) is 0 Å². The van der Waals surface area contributed by atoms with Crippen LogP contribution in [0.5, 0.6) is 5.75 Å². The second-order valence-electron chi connectivity index (χ2n) is 6.10. The van der Waals surface area contributed by atoms with Crippen molar-refractivity contribution < 1.29 is 9.47 Å². The molecule has 5 nitrogen and oxygen atoms in total. The zero-order valence-electron chi connectivity index (χ0n) is 14.5. The van der Waals surface area contributed by atoms with E-state index in [9.17, 15) is 0 Å². The maximum absolute atomic E-state index is 5.73. The summed E-state index contributed by atoms with van der Waals surface area (Å²) in [5.41, 5.74) is 1.25. The van der Waals surface area contributed by atoms with E-state index < -0.39 is 0 Å². The SMILES string of the molecule is CN=C(NCCCOc1ccc(C)cc1)N(C)CC1CCOC1. The monoisotopic (exact) mass is 319 g/mol. The average molecular weight is 319 g/mol. The molecule has 23 heavy (non-hydrogen) atoms. The summed E-state index contributed by atoms with van der Waals surface area (Å²) in [6.07, 6.45) is 2.08. The first-order valence-corrected chi connectivity index (χ1v) is 8.38. The number of nitrogens with one attached hydrogen (secondary N) is 1. The summed E-state index contributed by atoms with van der Waals surface area (Å²) in [7, 11) is 3.91. The first-order chi connectivity index (χ1) is 11.2. The minimum atomic E-state index is 0.614. The van der Waals surface area contributed by atoms with E-state index in [4.69, 9.17) is 9.47 Å². The van der Waals surface area contributed by atoms with E-state index in [1.54, 1.807) is 0 Å². The molecule has 1 unspecified atom stereocenters. The molecule has 1 aliphatic rings. The summed E-state index contributed by atoms with van der Waals surface area (Å²) in [5.74, 6) is 2.48. The smallest absolute Gasteiger partial charge is 0.193 e. The molecule has 0 amide bonds. The van der Waals surface area contributed by atoms with E-state index in [-0.39, 0.29) is 0 Å². The normalized spacial score (nSPS) is 18.0. The highest BCUT2D eigenvalue weighted by molar-refractivity contribution is 5.79. The van der Waals surface area contributed by atoms with Gasteiger partial charge in [-0.3, -0.25) is 4.99 Å². The quantitative estimate of drug-likeness (QED) is 0.476. The second kappa shape index (κ2) is 9.40. The fraction of sp³-hybridized carbons (Fsp3) is 0.611. The molecular formula is C18H29N3O2. The van der Waals surface area contributed by atoms with Gasteiger partial charge in [-0.15, -0.1) is 0 Å². The third-order valence-corrected chi connectivity index (χ3v) is 4.02. The van der Waals surface area contributed by atoms with Crippen LogP contribution in [0.1, 0.15) is 18.4 Å². The number of aliphatic imine (C=N–C) groups is 1. The number of aryl methyl sites for hydroxylation is 1. The van der Waals surface area contributed by atoms with Crippen LogP contribution in [0.25, 0.3) is 0 Å². The summed E-state index contributed by atoms with van der Waals surface area (Å²) < 4.78 is 11.2. The van der Waals surface area contributed by atoms with Gasteiger partial charge in [-0.1, -0.05) is 17.7 Å². The van der Waals surface area contributed by atoms with E-state index in [2.05, 4.69) is 41.3 Å². The molecule has 0 spiro atoms. The van der Waals surface area contributed by atoms with Crippen molar-refractivity contribution in [1.82, 2.24) is 10.2 Å². The molecule has 5 heteroatoms. The number of ether oxygens (including phenoxy) is 2. The lowest BCUT2D eigenvalue weighted by Gasteiger charge is -2.24. The van der Waals surface area contributed by atoms with Gasteiger partial charge in [-0.25, -0.2) is 0 Å². The summed E-state index contributed by atoms with van der Waals surface area (Å²) in [6.45, 7) is 6.37. The molecule has 2 rings (SSSR count). The number of hydrogen-bond acceptors (Lipinski definition) is 3. The van der Waals surface area contributed by atoms with E-state index in [1.807, 2.05) is 19.2 Å². The second-order valence-corrected chi connectivity index (χ2v) is 6.10.